The highest BCUT2D eigenvalue weighted by Gasteiger charge is 2.46. The second kappa shape index (κ2) is 7.93. The summed E-state index contributed by atoms with van der Waals surface area (Å²) in [7, 11) is 3.10. The van der Waals surface area contributed by atoms with Crippen LogP contribution in [-0.4, -0.2) is 61.3 Å². The highest BCUT2D eigenvalue weighted by Crippen LogP contribution is 2.38. The first-order valence-electron chi connectivity index (χ1n) is 7.09. The van der Waals surface area contributed by atoms with Gasteiger partial charge < -0.3 is 25.0 Å². The molecule has 0 aromatic carbocycles. The number of aliphatic hydroxyl groups excluding tert-OH is 2. The first kappa shape index (κ1) is 17.4. The van der Waals surface area contributed by atoms with Crippen LogP contribution in [0, 0.1) is 5.92 Å². The number of ether oxygens (including phenoxy) is 2. The highest BCUT2D eigenvalue weighted by atomic mass is 16.5. The van der Waals surface area contributed by atoms with Crippen molar-refractivity contribution in [1.29, 1.82) is 0 Å². The maximum absolute atomic E-state index is 11.4. The number of hydrogen-bond acceptors (Lipinski definition) is 5. The molecule has 3 unspecified atom stereocenters. The molecule has 1 saturated carbocycles. The highest BCUT2D eigenvalue weighted by molar-refractivity contribution is 5.73. The molecule has 1 aliphatic rings. The molecule has 6 nitrogen and oxygen atoms in total. The van der Waals surface area contributed by atoms with Gasteiger partial charge in [0.15, 0.2) is 0 Å². The lowest BCUT2D eigenvalue weighted by atomic mass is 9.72. The standard InChI is InChI=1S/C14H27NO5/c1-10(17)15-13(12(18)9-19-2)14(20-3)6-4-5-11(7-14)8-16/h11-13,16,18H,4-9H2,1-3H3,(H,15,17)/t11?,12-,13?,14?/m0/s1. The fourth-order valence-corrected chi connectivity index (χ4v) is 3.20. The van der Waals surface area contributed by atoms with E-state index < -0.39 is 17.7 Å². The predicted octanol–water partition coefficient (Wildman–Crippen LogP) is 0.0661. The van der Waals surface area contributed by atoms with Crippen molar-refractivity contribution >= 4 is 5.91 Å². The van der Waals surface area contributed by atoms with Gasteiger partial charge in [0.25, 0.3) is 0 Å². The Morgan fingerprint density at radius 1 is 1.50 bits per heavy atom. The number of carbonyl (C=O) groups excluding carboxylic acids is 1. The summed E-state index contributed by atoms with van der Waals surface area (Å²) in [5.41, 5.74) is -0.657. The Kier molecular flexibility index (Phi) is 6.88. The van der Waals surface area contributed by atoms with Crippen LogP contribution in [0.15, 0.2) is 0 Å². The molecule has 4 atom stereocenters. The van der Waals surface area contributed by atoms with Gasteiger partial charge in [0.05, 0.1) is 18.2 Å². The molecule has 1 fully saturated rings. The van der Waals surface area contributed by atoms with Gasteiger partial charge in [-0.3, -0.25) is 4.79 Å². The fraction of sp³-hybridized carbons (Fsp3) is 0.929. The number of rotatable bonds is 7. The van der Waals surface area contributed by atoms with Gasteiger partial charge in [-0.25, -0.2) is 0 Å². The monoisotopic (exact) mass is 289 g/mol. The second-order valence-electron chi connectivity index (χ2n) is 5.61. The molecule has 0 bridgehead atoms. The molecular weight excluding hydrogens is 262 g/mol. The molecule has 0 aromatic rings. The molecule has 0 radical (unpaired) electrons. The van der Waals surface area contributed by atoms with Crippen LogP contribution in [0.3, 0.4) is 0 Å². The van der Waals surface area contributed by atoms with Gasteiger partial charge in [-0.2, -0.15) is 0 Å². The zero-order chi connectivity index (χ0) is 15.2. The number of methoxy groups -OCH3 is 2. The van der Waals surface area contributed by atoms with Crippen LogP contribution in [0.4, 0.5) is 0 Å². The summed E-state index contributed by atoms with van der Waals surface area (Å²) in [6.07, 6.45) is 2.35. The van der Waals surface area contributed by atoms with E-state index in [1.165, 1.54) is 14.0 Å². The van der Waals surface area contributed by atoms with Gasteiger partial charge in [-0.05, 0) is 25.2 Å². The Bertz CT molecular complexity index is 312. The van der Waals surface area contributed by atoms with Crippen molar-refractivity contribution in [3.05, 3.63) is 0 Å². The van der Waals surface area contributed by atoms with Gasteiger partial charge in [-0.1, -0.05) is 6.42 Å². The molecule has 0 saturated heterocycles. The summed E-state index contributed by atoms with van der Waals surface area (Å²) in [6.45, 7) is 1.64. The first-order valence-corrected chi connectivity index (χ1v) is 7.09. The van der Waals surface area contributed by atoms with E-state index in [1.54, 1.807) is 7.11 Å². The molecule has 1 amide bonds. The summed E-state index contributed by atoms with van der Waals surface area (Å²) >= 11 is 0. The van der Waals surface area contributed by atoms with E-state index >= 15 is 0 Å². The number of amides is 1. The number of aliphatic hydroxyl groups is 2. The largest absolute Gasteiger partial charge is 0.396 e. The van der Waals surface area contributed by atoms with E-state index in [0.717, 1.165) is 19.3 Å². The Hall–Kier alpha value is -0.690. The summed E-state index contributed by atoms with van der Waals surface area (Å²) in [6, 6.07) is -0.542. The molecule has 0 aromatic heterocycles. The lowest BCUT2D eigenvalue weighted by molar-refractivity contribution is -0.138. The van der Waals surface area contributed by atoms with Gasteiger partial charge in [-0.15, -0.1) is 0 Å². The van der Waals surface area contributed by atoms with E-state index in [2.05, 4.69) is 5.32 Å². The van der Waals surface area contributed by atoms with Gasteiger partial charge >= 0.3 is 0 Å². The summed E-state index contributed by atoms with van der Waals surface area (Å²) in [5.74, 6) is -0.0811. The predicted molar refractivity (Wildman–Crippen MR) is 74.3 cm³/mol. The van der Waals surface area contributed by atoms with Crippen molar-refractivity contribution < 1.29 is 24.5 Å². The summed E-state index contributed by atoms with van der Waals surface area (Å²) in [4.78, 5) is 11.4. The molecule has 0 heterocycles. The topological polar surface area (TPSA) is 88.0 Å². The molecule has 20 heavy (non-hydrogen) atoms. The Morgan fingerprint density at radius 2 is 2.20 bits per heavy atom. The fourth-order valence-electron chi connectivity index (χ4n) is 3.20. The number of nitrogens with one attached hydrogen (secondary N) is 1. The van der Waals surface area contributed by atoms with Crippen LogP contribution in [0.1, 0.15) is 32.6 Å². The SMILES string of the molecule is COC[C@H](O)C(NC(C)=O)C1(OC)CCCC(CO)C1. The maximum atomic E-state index is 11.4. The van der Waals surface area contributed by atoms with Crippen molar-refractivity contribution in [3.63, 3.8) is 0 Å². The Morgan fingerprint density at radius 3 is 2.70 bits per heavy atom. The summed E-state index contributed by atoms with van der Waals surface area (Å²) < 4.78 is 10.7. The lowest BCUT2D eigenvalue weighted by Crippen LogP contribution is -2.61. The van der Waals surface area contributed by atoms with Crippen molar-refractivity contribution in [3.8, 4) is 0 Å². The van der Waals surface area contributed by atoms with Crippen molar-refractivity contribution in [2.45, 2.75) is 50.4 Å². The lowest BCUT2D eigenvalue weighted by Gasteiger charge is -2.46. The second-order valence-corrected chi connectivity index (χ2v) is 5.61. The van der Waals surface area contributed by atoms with E-state index in [-0.39, 0.29) is 25.0 Å². The minimum Gasteiger partial charge on any atom is -0.396 e. The minimum absolute atomic E-state index is 0.0955. The van der Waals surface area contributed by atoms with Gasteiger partial charge in [0.2, 0.25) is 5.91 Å². The quantitative estimate of drug-likeness (QED) is 0.617. The third kappa shape index (κ3) is 4.15. The molecule has 118 valence electrons. The van der Waals surface area contributed by atoms with E-state index in [4.69, 9.17) is 9.47 Å². The van der Waals surface area contributed by atoms with Crippen LogP contribution in [0.25, 0.3) is 0 Å². The van der Waals surface area contributed by atoms with E-state index in [1.807, 2.05) is 0 Å². The summed E-state index contributed by atoms with van der Waals surface area (Å²) in [5, 5.41) is 22.5. The Labute approximate surface area is 120 Å². The number of hydrogen-bond donors (Lipinski definition) is 3. The van der Waals surface area contributed by atoms with Gasteiger partial charge in [0, 0.05) is 27.8 Å². The average molecular weight is 289 g/mol. The third-order valence-corrected chi connectivity index (χ3v) is 4.16. The third-order valence-electron chi connectivity index (χ3n) is 4.16. The molecular formula is C14H27NO5. The zero-order valence-corrected chi connectivity index (χ0v) is 12.6. The van der Waals surface area contributed by atoms with Crippen LogP contribution < -0.4 is 5.32 Å². The van der Waals surface area contributed by atoms with Crippen LogP contribution in [0.5, 0.6) is 0 Å². The van der Waals surface area contributed by atoms with E-state index in [0.29, 0.717) is 6.42 Å². The van der Waals surface area contributed by atoms with Crippen LogP contribution >= 0.6 is 0 Å². The minimum atomic E-state index is -0.846. The molecule has 0 spiro atoms. The average Bonchev–Trinajstić information content (AvgIpc) is 2.44. The molecule has 0 aliphatic heterocycles. The van der Waals surface area contributed by atoms with E-state index in [9.17, 15) is 15.0 Å². The normalized spacial score (nSPS) is 29.8. The van der Waals surface area contributed by atoms with Crippen molar-refractivity contribution in [2.24, 2.45) is 5.92 Å². The Balaban J connectivity index is 2.95. The molecule has 1 aliphatic carbocycles. The van der Waals surface area contributed by atoms with Crippen molar-refractivity contribution in [2.75, 3.05) is 27.4 Å². The van der Waals surface area contributed by atoms with Crippen molar-refractivity contribution in [1.82, 2.24) is 5.32 Å². The molecule has 3 N–H and O–H groups in total. The smallest absolute Gasteiger partial charge is 0.217 e. The molecule has 1 rings (SSSR count). The van der Waals surface area contributed by atoms with Crippen LogP contribution in [0.2, 0.25) is 0 Å². The number of carbonyl (C=O) groups is 1. The first-order chi connectivity index (χ1) is 9.49. The maximum Gasteiger partial charge on any atom is 0.217 e. The van der Waals surface area contributed by atoms with Crippen LogP contribution in [-0.2, 0) is 14.3 Å². The van der Waals surface area contributed by atoms with Gasteiger partial charge in [0.1, 0.15) is 6.10 Å². The zero-order valence-electron chi connectivity index (χ0n) is 12.6. The molecule has 6 heteroatoms.